The summed E-state index contributed by atoms with van der Waals surface area (Å²) >= 11 is 1.58. The van der Waals surface area contributed by atoms with E-state index < -0.39 is 0 Å². The Labute approximate surface area is 241 Å². The zero-order chi connectivity index (χ0) is 28.6. The number of aryl methyl sites for hydroxylation is 2. The van der Waals surface area contributed by atoms with Crippen molar-refractivity contribution in [3.05, 3.63) is 70.4 Å². The molecule has 212 valence electrons. The molecule has 3 heterocycles. The minimum absolute atomic E-state index is 0.00518. The fourth-order valence-electron chi connectivity index (χ4n) is 5.79. The molecule has 2 amide bonds. The van der Waals surface area contributed by atoms with Crippen molar-refractivity contribution in [2.75, 3.05) is 37.4 Å². The van der Waals surface area contributed by atoms with Gasteiger partial charge in [0.15, 0.2) is 0 Å². The summed E-state index contributed by atoms with van der Waals surface area (Å²) in [6, 6.07) is 14.3. The van der Waals surface area contributed by atoms with Gasteiger partial charge in [-0.25, -0.2) is 4.68 Å². The molecule has 3 aromatic rings. The highest BCUT2D eigenvalue weighted by molar-refractivity contribution is 8.00. The van der Waals surface area contributed by atoms with E-state index in [-0.39, 0.29) is 34.8 Å². The number of carbonyl (C=O) groups is 2. The Hall–Kier alpha value is -3.26. The molecule has 0 N–H and O–H groups in total. The molecule has 1 aromatic heterocycles. The Morgan fingerprint density at radius 1 is 1.07 bits per heavy atom. The van der Waals surface area contributed by atoms with Gasteiger partial charge < -0.3 is 9.64 Å². The third kappa shape index (κ3) is 5.38. The van der Waals surface area contributed by atoms with Gasteiger partial charge in [0.25, 0.3) is 0 Å². The minimum atomic E-state index is -0.315. The first-order valence-electron chi connectivity index (χ1n) is 14.1. The molecule has 0 bridgehead atoms. The number of fused-ring (bicyclic) bond motifs is 1. The predicted molar refractivity (Wildman–Crippen MR) is 162 cm³/mol. The van der Waals surface area contributed by atoms with Crippen LogP contribution in [-0.2, 0) is 15.0 Å². The van der Waals surface area contributed by atoms with Gasteiger partial charge in [-0.15, -0.1) is 11.8 Å². The molecule has 0 saturated carbocycles. The predicted octanol–water partition coefficient (Wildman–Crippen LogP) is 5.98. The SMILES string of the molecule is COc1ccccc1C1SCC(=O)N(CC(=O)N2CCCCC2)c2c1c(C(C)(C)C)nn2-c1ccc(C)cc1C. The molecule has 5 rings (SSSR count). The van der Waals surface area contributed by atoms with E-state index in [9.17, 15) is 9.59 Å². The number of methoxy groups -OCH3 is 1. The summed E-state index contributed by atoms with van der Waals surface area (Å²) in [5.74, 6) is 1.62. The maximum absolute atomic E-state index is 14.0. The highest BCUT2D eigenvalue weighted by Gasteiger charge is 2.41. The Morgan fingerprint density at radius 2 is 1.80 bits per heavy atom. The fourth-order valence-corrected chi connectivity index (χ4v) is 7.01. The van der Waals surface area contributed by atoms with Crippen LogP contribution in [0, 0.1) is 13.8 Å². The molecule has 1 saturated heterocycles. The summed E-state index contributed by atoms with van der Waals surface area (Å²) in [6.07, 6.45) is 3.15. The Morgan fingerprint density at radius 3 is 2.48 bits per heavy atom. The minimum Gasteiger partial charge on any atom is -0.496 e. The van der Waals surface area contributed by atoms with Crippen LogP contribution in [0.1, 0.15) is 73.2 Å². The van der Waals surface area contributed by atoms with Crippen molar-refractivity contribution >= 4 is 29.4 Å². The van der Waals surface area contributed by atoms with Crippen LogP contribution in [0.4, 0.5) is 5.82 Å². The van der Waals surface area contributed by atoms with Crippen molar-refractivity contribution in [2.24, 2.45) is 0 Å². The van der Waals surface area contributed by atoms with Gasteiger partial charge in [-0.3, -0.25) is 14.5 Å². The van der Waals surface area contributed by atoms with E-state index in [1.165, 1.54) is 0 Å². The molecule has 2 aliphatic heterocycles. The number of thioether (sulfide) groups is 1. The van der Waals surface area contributed by atoms with Crippen LogP contribution in [0.3, 0.4) is 0 Å². The van der Waals surface area contributed by atoms with E-state index >= 15 is 0 Å². The largest absolute Gasteiger partial charge is 0.496 e. The topological polar surface area (TPSA) is 67.7 Å². The number of carbonyl (C=O) groups excluding carboxylic acids is 2. The summed E-state index contributed by atoms with van der Waals surface area (Å²) in [6.45, 7) is 12.1. The summed E-state index contributed by atoms with van der Waals surface area (Å²) in [4.78, 5) is 31.2. The summed E-state index contributed by atoms with van der Waals surface area (Å²) in [7, 11) is 1.68. The van der Waals surface area contributed by atoms with Gasteiger partial charge in [-0.2, -0.15) is 5.10 Å². The molecule has 1 fully saturated rings. The Balaban J connectivity index is 1.77. The molecule has 0 radical (unpaired) electrons. The maximum Gasteiger partial charge on any atom is 0.242 e. The standard InChI is InChI=1S/C32H40N4O3S/c1-21-14-15-24(22(2)18-21)36-31-28(30(33-36)32(3,4)5)29(23-12-8-9-13-25(23)39-6)40-20-27(38)35(31)19-26(37)34-16-10-7-11-17-34/h8-9,12-15,18,29H,7,10-11,16-17,19-20H2,1-6H3. The summed E-state index contributed by atoms with van der Waals surface area (Å²) < 4.78 is 7.72. The van der Waals surface area contributed by atoms with E-state index in [1.54, 1.807) is 23.8 Å². The number of nitrogens with zero attached hydrogens (tertiary/aromatic N) is 4. The molecule has 2 aromatic carbocycles. The second-order valence-electron chi connectivity index (χ2n) is 11.9. The van der Waals surface area contributed by atoms with E-state index in [2.05, 4.69) is 58.9 Å². The number of amides is 2. The van der Waals surface area contributed by atoms with Crippen LogP contribution in [0.25, 0.3) is 5.69 Å². The average molecular weight is 561 g/mol. The Kier molecular flexibility index (Phi) is 8.00. The summed E-state index contributed by atoms with van der Waals surface area (Å²) in [5.41, 5.74) is 5.70. The third-order valence-corrected chi connectivity index (χ3v) is 9.04. The van der Waals surface area contributed by atoms with Crippen molar-refractivity contribution < 1.29 is 14.3 Å². The fraction of sp³-hybridized carbons (Fsp3) is 0.469. The number of likely N-dealkylation sites (tertiary alicyclic amines) is 1. The molecule has 7 nitrogen and oxygen atoms in total. The number of piperidine rings is 1. The summed E-state index contributed by atoms with van der Waals surface area (Å²) in [5, 5.41) is 5.05. The number of benzene rings is 2. The molecule has 0 aliphatic carbocycles. The van der Waals surface area contributed by atoms with E-state index in [0.29, 0.717) is 5.82 Å². The zero-order valence-electron chi connectivity index (χ0n) is 24.5. The van der Waals surface area contributed by atoms with Crippen molar-refractivity contribution in [2.45, 2.75) is 64.5 Å². The van der Waals surface area contributed by atoms with Crippen molar-refractivity contribution in [1.29, 1.82) is 0 Å². The lowest BCUT2D eigenvalue weighted by atomic mass is 9.87. The number of para-hydroxylation sites is 1. The first-order valence-corrected chi connectivity index (χ1v) is 15.2. The maximum atomic E-state index is 14.0. The van der Waals surface area contributed by atoms with Crippen molar-refractivity contribution in [1.82, 2.24) is 14.7 Å². The number of hydrogen-bond donors (Lipinski definition) is 0. The smallest absolute Gasteiger partial charge is 0.242 e. The van der Waals surface area contributed by atoms with Crippen LogP contribution < -0.4 is 9.64 Å². The average Bonchev–Trinajstić information content (AvgIpc) is 3.26. The van der Waals surface area contributed by atoms with Crippen LogP contribution in [0.2, 0.25) is 0 Å². The first kappa shape index (κ1) is 28.3. The number of hydrogen-bond acceptors (Lipinski definition) is 5. The van der Waals surface area contributed by atoms with Gasteiger partial charge in [0, 0.05) is 29.6 Å². The van der Waals surface area contributed by atoms with Crippen LogP contribution >= 0.6 is 11.8 Å². The van der Waals surface area contributed by atoms with Gasteiger partial charge in [-0.05, 0) is 50.8 Å². The molecular formula is C32H40N4O3S. The number of anilines is 1. The lowest BCUT2D eigenvalue weighted by Gasteiger charge is -2.30. The van der Waals surface area contributed by atoms with E-state index in [1.807, 2.05) is 27.8 Å². The van der Waals surface area contributed by atoms with E-state index in [0.717, 1.165) is 71.7 Å². The number of rotatable bonds is 5. The molecule has 2 aliphatic rings. The quantitative estimate of drug-likeness (QED) is 0.384. The Bertz CT molecular complexity index is 1420. The van der Waals surface area contributed by atoms with Gasteiger partial charge in [0.05, 0.1) is 29.5 Å². The molecule has 8 heteroatoms. The van der Waals surface area contributed by atoms with E-state index in [4.69, 9.17) is 9.84 Å². The monoisotopic (exact) mass is 560 g/mol. The lowest BCUT2D eigenvalue weighted by molar-refractivity contribution is -0.132. The van der Waals surface area contributed by atoms with Gasteiger partial charge in [0.1, 0.15) is 18.1 Å². The van der Waals surface area contributed by atoms with Gasteiger partial charge in [-0.1, -0.05) is 56.7 Å². The zero-order valence-corrected chi connectivity index (χ0v) is 25.3. The molecule has 1 atom stereocenters. The second kappa shape index (κ2) is 11.3. The van der Waals surface area contributed by atoms with Crippen LogP contribution in [0.15, 0.2) is 42.5 Å². The highest BCUT2D eigenvalue weighted by atomic mass is 32.2. The van der Waals surface area contributed by atoms with Crippen LogP contribution in [0.5, 0.6) is 5.75 Å². The van der Waals surface area contributed by atoms with Crippen LogP contribution in [-0.4, -0.2) is 59.0 Å². The van der Waals surface area contributed by atoms with Crippen molar-refractivity contribution in [3.8, 4) is 11.4 Å². The first-order chi connectivity index (χ1) is 19.1. The number of ether oxygens (including phenoxy) is 1. The highest BCUT2D eigenvalue weighted by Crippen LogP contribution is 2.50. The molecule has 1 unspecified atom stereocenters. The number of aromatic nitrogens is 2. The molecular weight excluding hydrogens is 520 g/mol. The second-order valence-corrected chi connectivity index (χ2v) is 13.0. The molecule has 40 heavy (non-hydrogen) atoms. The van der Waals surface area contributed by atoms with Gasteiger partial charge >= 0.3 is 0 Å². The van der Waals surface area contributed by atoms with Crippen molar-refractivity contribution in [3.63, 3.8) is 0 Å². The normalized spacial score (nSPS) is 17.9. The lowest BCUT2D eigenvalue weighted by Crippen LogP contribution is -2.46. The van der Waals surface area contributed by atoms with Gasteiger partial charge in [0.2, 0.25) is 11.8 Å². The third-order valence-electron chi connectivity index (χ3n) is 7.80. The molecule has 0 spiro atoms.